The molecule has 2 rings (SSSR count). The van der Waals surface area contributed by atoms with Gasteiger partial charge in [0, 0.05) is 14.7 Å². The highest BCUT2D eigenvalue weighted by atomic mass is 79.9. The first-order valence-electron chi connectivity index (χ1n) is 4.61. The van der Waals surface area contributed by atoms with Gasteiger partial charge in [-0.3, -0.25) is 0 Å². The summed E-state index contributed by atoms with van der Waals surface area (Å²) in [6.07, 6.45) is 0.853. The Kier molecular flexibility index (Phi) is 3.06. The number of hydrogen-bond acceptors (Lipinski definition) is 4. The van der Waals surface area contributed by atoms with E-state index in [1.807, 2.05) is 4.68 Å². The van der Waals surface area contributed by atoms with Crippen LogP contribution in [0.15, 0.2) is 15.9 Å². The summed E-state index contributed by atoms with van der Waals surface area (Å²) < 4.78 is 2.96. The highest BCUT2D eigenvalue weighted by Gasteiger charge is 2.09. The summed E-state index contributed by atoms with van der Waals surface area (Å²) in [7, 11) is 0. The van der Waals surface area contributed by atoms with E-state index >= 15 is 0 Å². The van der Waals surface area contributed by atoms with Crippen molar-refractivity contribution in [2.24, 2.45) is 0 Å². The number of halogens is 1. The SMILES string of the molecule is CCc1c(N)nnn1Cc1cc(Br)cs1. The lowest BCUT2D eigenvalue weighted by Gasteiger charge is -2.02. The van der Waals surface area contributed by atoms with Crippen LogP contribution in [-0.2, 0) is 13.0 Å². The van der Waals surface area contributed by atoms with Crippen molar-refractivity contribution in [3.8, 4) is 0 Å². The van der Waals surface area contributed by atoms with Crippen LogP contribution in [0.1, 0.15) is 17.5 Å². The van der Waals surface area contributed by atoms with Gasteiger partial charge in [-0.2, -0.15) is 0 Å². The van der Waals surface area contributed by atoms with Crippen molar-refractivity contribution in [3.63, 3.8) is 0 Å². The Bertz CT molecular complexity index is 462. The summed E-state index contributed by atoms with van der Waals surface area (Å²) >= 11 is 5.12. The third kappa shape index (κ3) is 2.21. The van der Waals surface area contributed by atoms with Gasteiger partial charge in [-0.05, 0) is 28.4 Å². The number of nitrogen functional groups attached to an aromatic ring is 1. The van der Waals surface area contributed by atoms with E-state index in [-0.39, 0.29) is 0 Å². The van der Waals surface area contributed by atoms with Gasteiger partial charge in [0.15, 0.2) is 5.82 Å². The van der Waals surface area contributed by atoms with Gasteiger partial charge in [0.2, 0.25) is 0 Å². The Balaban J connectivity index is 2.24. The van der Waals surface area contributed by atoms with Crippen molar-refractivity contribution in [2.75, 3.05) is 5.73 Å². The Hall–Kier alpha value is -0.880. The predicted molar refractivity (Wildman–Crippen MR) is 64.9 cm³/mol. The Morgan fingerprint density at radius 2 is 2.40 bits per heavy atom. The van der Waals surface area contributed by atoms with Gasteiger partial charge in [-0.25, -0.2) is 4.68 Å². The van der Waals surface area contributed by atoms with E-state index in [2.05, 4.69) is 44.6 Å². The molecule has 0 fully saturated rings. The molecule has 0 amide bonds. The first kappa shape index (κ1) is 10.6. The van der Waals surface area contributed by atoms with Gasteiger partial charge in [0.05, 0.1) is 12.2 Å². The van der Waals surface area contributed by atoms with Crippen molar-refractivity contribution >= 4 is 33.1 Å². The van der Waals surface area contributed by atoms with Gasteiger partial charge in [-0.15, -0.1) is 16.4 Å². The maximum Gasteiger partial charge on any atom is 0.169 e. The molecule has 0 atom stereocenters. The molecule has 0 unspecified atom stereocenters. The molecule has 0 aliphatic rings. The summed E-state index contributed by atoms with van der Waals surface area (Å²) in [5.74, 6) is 0.535. The van der Waals surface area contributed by atoms with E-state index in [0.29, 0.717) is 5.82 Å². The van der Waals surface area contributed by atoms with E-state index < -0.39 is 0 Å². The summed E-state index contributed by atoms with van der Waals surface area (Å²) in [6, 6.07) is 2.09. The maximum absolute atomic E-state index is 5.71. The zero-order valence-electron chi connectivity index (χ0n) is 8.27. The lowest BCUT2D eigenvalue weighted by Crippen LogP contribution is -2.05. The van der Waals surface area contributed by atoms with Crippen molar-refractivity contribution in [3.05, 3.63) is 26.5 Å². The standard InChI is InChI=1S/C9H11BrN4S/c1-2-8-9(11)12-13-14(8)4-7-3-6(10)5-15-7/h3,5H,2,4,11H2,1H3. The van der Waals surface area contributed by atoms with Crippen LogP contribution in [0.2, 0.25) is 0 Å². The molecule has 2 N–H and O–H groups in total. The average Bonchev–Trinajstić information content (AvgIpc) is 2.75. The second-order valence-electron chi connectivity index (χ2n) is 3.16. The first-order chi connectivity index (χ1) is 7.20. The molecule has 2 aromatic heterocycles. The lowest BCUT2D eigenvalue weighted by atomic mass is 10.3. The minimum Gasteiger partial charge on any atom is -0.381 e. The van der Waals surface area contributed by atoms with Crippen LogP contribution in [0, 0.1) is 0 Å². The van der Waals surface area contributed by atoms with Crippen molar-refractivity contribution in [1.82, 2.24) is 15.0 Å². The summed E-state index contributed by atoms with van der Waals surface area (Å²) in [5, 5.41) is 9.95. The molecular weight excluding hydrogens is 276 g/mol. The first-order valence-corrected chi connectivity index (χ1v) is 6.28. The fourth-order valence-corrected chi connectivity index (χ4v) is 2.85. The minimum absolute atomic E-state index is 0.535. The molecule has 2 aromatic rings. The quantitative estimate of drug-likeness (QED) is 0.942. The number of rotatable bonds is 3. The summed E-state index contributed by atoms with van der Waals surface area (Å²) in [4.78, 5) is 1.24. The zero-order valence-corrected chi connectivity index (χ0v) is 10.7. The number of aromatic nitrogens is 3. The largest absolute Gasteiger partial charge is 0.381 e. The van der Waals surface area contributed by atoms with Crippen LogP contribution in [0.5, 0.6) is 0 Å². The molecule has 80 valence electrons. The Labute approximate surface area is 100 Å². The maximum atomic E-state index is 5.71. The van der Waals surface area contributed by atoms with Gasteiger partial charge in [0.25, 0.3) is 0 Å². The van der Waals surface area contributed by atoms with Crippen LogP contribution in [0.4, 0.5) is 5.82 Å². The molecule has 0 bridgehead atoms. The number of nitrogens with zero attached hydrogens (tertiary/aromatic N) is 3. The molecule has 0 aliphatic heterocycles. The van der Waals surface area contributed by atoms with Crippen LogP contribution < -0.4 is 5.73 Å². The molecule has 4 nitrogen and oxygen atoms in total. The van der Waals surface area contributed by atoms with Gasteiger partial charge in [0.1, 0.15) is 0 Å². The smallest absolute Gasteiger partial charge is 0.169 e. The highest BCUT2D eigenvalue weighted by Crippen LogP contribution is 2.21. The fraction of sp³-hybridized carbons (Fsp3) is 0.333. The monoisotopic (exact) mass is 286 g/mol. The highest BCUT2D eigenvalue weighted by molar-refractivity contribution is 9.10. The second-order valence-corrected chi connectivity index (χ2v) is 5.08. The molecule has 6 heteroatoms. The molecular formula is C9H11BrN4S. The Morgan fingerprint density at radius 3 is 3.00 bits per heavy atom. The van der Waals surface area contributed by atoms with Crippen LogP contribution in [0.25, 0.3) is 0 Å². The van der Waals surface area contributed by atoms with E-state index in [0.717, 1.165) is 23.1 Å². The van der Waals surface area contributed by atoms with Crippen LogP contribution in [-0.4, -0.2) is 15.0 Å². The van der Waals surface area contributed by atoms with Gasteiger partial charge < -0.3 is 5.73 Å². The van der Waals surface area contributed by atoms with E-state index in [4.69, 9.17) is 5.73 Å². The third-order valence-corrected chi connectivity index (χ3v) is 3.81. The van der Waals surface area contributed by atoms with Crippen LogP contribution in [0.3, 0.4) is 0 Å². The molecule has 0 saturated carbocycles. The average molecular weight is 287 g/mol. The van der Waals surface area contributed by atoms with Gasteiger partial charge in [-0.1, -0.05) is 12.1 Å². The van der Waals surface area contributed by atoms with Crippen molar-refractivity contribution in [1.29, 1.82) is 0 Å². The minimum atomic E-state index is 0.535. The number of nitrogens with two attached hydrogens (primary N) is 1. The molecule has 15 heavy (non-hydrogen) atoms. The zero-order chi connectivity index (χ0) is 10.8. The molecule has 2 heterocycles. The number of anilines is 1. The van der Waals surface area contributed by atoms with Gasteiger partial charge >= 0.3 is 0 Å². The number of hydrogen-bond donors (Lipinski definition) is 1. The third-order valence-electron chi connectivity index (χ3n) is 2.13. The molecule has 0 radical (unpaired) electrons. The molecule has 0 spiro atoms. The predicted octanol–water partition coefficient (Wildman–Crippen LogP) is 2.29. The number of thiophene rings is 1. The van der Waals surface area contributed by atoms with Crippen LogP contribution >= 0.6 is 27.3 Å². The summed E-state index contributed by atoms with van der Waals surface area (Å²) in [5.41, 5.74) is 6.71. The topological polar surface area (TPSA) is 56.7 Å². The van der Waals surface area contributed by atoms with E-state index in [1.54, 1.807) is 11.3 Å². The van der Waals surface area contributed by atoms with E-state index in [1.165, 1.54) is 4.88 Å². The fourth-order valence-electron chi connectivity index (χ4n) is 1.42. The van der Waals surface area contributed by atoms with E-state index in [9.17, 15) is 0 Å². The van der Waals surface area contributed by atoms with Crippen molar-refractivity contribution < 1.29 is 0 Å². The lowest BCUT2D eigenvalue weighted by molar-refractivity contribution is 0.627. The normalized spacial score (nSPS) is 10.8. The van der Waals surface area contributed by atoms with Crippen molar-refractivity contribution in [2.45, 2.75) is 19.9 Å². The second kappa shape index (κ2) is 4.32. The molecule has 0 aromatic carbocycles. The molecule has 0 aliphatic carbocycles. The Morgan fingerprint density at radius 1 is 1.60 bits per heavy atom. The summed E-state index contributed by atoms with van der Waals surface area (Å²) in [6.45, 7) is 2.79. The molecule has 0 saturated heterocycles.